The maximum Gasteiger partial charge on any atom is 0.391 e. The van der Waals surface area contributed by atoms with Crippen molar-refractivity contribution in [1.29, 1.82) is 0 Å². The molecule has 0 aromatic heterocycles. The van der Waals surface area contributed by atoms with Gasteiger partial charge in [0, 0.05) is 0 Å². The van der Waals surface area contributed by atoms with Crippen molar-refractivity contribution in [1.82, 2.24) is 0 Å². The lowest BCUT2D eigenvalue weighted by Gasteiger charge is -2.10. The first kappa shape index (κ1) is 9.25. The Morgan fingerprint density at radius 1 is 1.25 bits per heavy atom. The van der Waals surface area contributed by atoms with Crippen molar-refractivity contribution in [3.8, 4) is 5.75 Å². The fourth-order valence-electron chi connectivity index (χ4n) is 0.776. The van der Waals surface area contributed by atoms with Gasteiger partial charge >= 0.3 is 11.5 Å². The molecule has 0 unspecified atom stereocenters. The van der Waals surface area contributed by atoms with E-state index in [1.165, 1.54) is 18.2 Å². The molecule has 0 atom stereocenters. The molecule has 0 aliphatic rings. The van der Waals surface area contributed by atoms with Gasteiger partial charge in [-0.2, -0.15) is 0 Å². The second-order valence-electron chi connectivity index (χ2n) is 2.26. The van der Waals surface area contributed by atoms with Crippen molar-refractivity contribution in [3.05, 3.63) is 29.8 Å². The minimum absolute atomic E-state index is 0.141. The fraction of sp³-hybridized carbons (Fsp3) is 0.143. The van der Waals surface area contributed by atoms with Crippen LogP contribution in [0.3, 0.4) is 0 Å². The first-order chi connectivity index (χ1) is 5.47. The standard InChI is InChI=1S/C7H7F3OS/c1-6-3-2-4-7(5-6)11-12(8,9)10/h2-5H,1H3. The molecule has 0 saturated carbocycles. The number of aryl methyl sites for hydroxylation is 1. The average molecular weight is 196 g/mol. The molecule has 0 fully saturated rings. The van der Waals surface area contributed by atoms with Gasteiger partial charge in [0.15, 0.2) is 0 Å². The molecular formula is C7H7F3OS. The Morgan fingerprint density at radius 2 is 1.92 bits per heavy atom. The van der Waals surface area contributed by atoms with Crippen LogP contribution in [-0.4, -0.2) is 0 Å². The molecule has 0 aliphatic heterocycles. The third kappa shape index (κ3) is 3.04. The molecule has 0 spiro atoms. The van der Waals surface area contributed by atoms with Crippen LogP contribution in [-0.2, 0) is 0 Å². The minimum atomic E-state index is -5.39. The summed E-state index contributed by atoms with van der Waals surface area (Å²) in [5.74, 6) is -0.141. The van der Waals surface area contributed by atoms with E-state index in [9.17, 15) is 11.7 Å². The molecule has 5 heteroatoms. The first-order valence-corrected chi connectivity index (χ1v) is 4.41. The van der Waals surface area contributed by atoms with E-state index in [4.69, 9.17) is 0 Å². The number of hydrogen-bond donors (Lipinski definition) is 0. The highest BCUT2D eigenvalue weighted by Crippen LogP contribution is 2.53. The lowest BCUT2D eigenvalue weighted by atomic mass is 10.2. The van der Waals surface area contributed by atoms with Gasteiger partial charge in [0.1, 0.15) is 5.75 Å². The predicted octanol–water partition coefficient (Wildman–Crippen LogP) is 3.75. The largest absolute Gasteiger partial charge is 0.391 e. The highest BCUT2D eigenvalue weighted by Gasteiger charge is 2.23. The highest BCUT2D eigenvalue weighted by atomic mass is 32.4. The van der Waals surface area contributed by atoms with Gasteiger partial charge in [-0.3, -0.25) is 0 Å². The van der Waals surface area contributed by atoms with Crippen molar-refractivity contribution < 1.29 is 15.8 Å². The van der Waals surface area contributed by atoms with Crippen molar-refractivity contribution in [2.75, 3.05) is 0 Å². The lowest BCUT2D eigenvalue weighted by molar-refractivity contribution is 0.452. The molecule has 68 valence electrons. The van der Waals surface area contributed by atoms with E-state index >= 15 is 0 Å². The summed E-state index contributed by atoms with van der Waals surface area (Å²) in [6.07, 6.45) is 0. The maximum atomic E-state index is 11.7. The Balaban J connectivity index is 2.77. The van der Waals surface area contributed by atoms with E-state index in [1.54, 1.807) is 13.0 Å². The molecule has 1 aromatic rings. The first-order valence-electron chi connectivity index (χ1n) is 3.16. The van der Waals surface area contributed by atoms with Crippen molar-refractivity contribution in [2.24, 2.45) is 0 Å². The van der Waals surface area contributed by atoms with Crippen LogP contribution in [0.5, 0.6) is 5.75 Å². The number of halogens is 3. The molecule has 0 saturated heterocycles. The van der Waals surface area contributed by atoms with Crippen LogP contribution < -0.4 is 4.18 Å². The van der Waals surface area contributed by atoms with Gasteiger partial charge in [0.2, 0.25) is 0 Å². The quantitative estimate of drug-likeness (QED) is 0.700. The van der Waals surface area contributed by atoms with Crippen molar-refractivity contribution in [3.63, 3.8) is 0 Å². The van der Waals surface area contributed by atoms with E-state index in [-0.39, 0.29) is 5.75 Å². The van der Waals surface area contributed by atoms with Gasteiger partial charge < -0.3 is 4.18 Å². The van der Waals surface area contributed by atoms with E-state index in [0.29, 0.717) is 0 Å². The van der Waals surface area contributed by atoms with Crippen LogP contribution in [0.2, 0.25) is 0 Å². The Bertz CT molecular complexity index is 272. The minimum Gasteiger partial charge on any atom is -0.373 e. The highest BCUT2D eigenvalue weighted by molar-refractivity contribution is 8.17. The summed E-state index contributed by atoms with van der Waals surface area (Å²) in [6.45, 7) is 1.71. The molecule has 0 radical (unpaired) electrons. The Morgan fingerprint density at radius 3 is 2.42 bits per heavy atom. The summed E-state index contributed by atoms with van der Waals surface area (Å²) in [5, 5.41) is 0. The van der Waals surface area contributed by atoms with Crippen LogP contribution in [0.15, 0.2) is 24.3 Å². The van der Waals surface area contributed by atoms with Gasteiger partial charge in [-0.1, -0.05) is 23.8 Å². The summed E-state index contributed by atoms with van der Waals surface area (Å²) in [7, 11) is 0. The molecule has 0 N–H and O–H groups in total. The molecule has 12 heavy (non-hydrogen) atoms. The molecule has 0 aliphatic carbocycles. The van der Waals surface area contributed by atoms with Gasteiger partial charge in [0.25, 0.3) is 0 Å². The zero-order valence-electron chi connectivity index (χ0n) is 6.26. The van der Waals surface area contributed by atoms with Crippen molar-refractivity contribution in [2.45, 2.75) is 6.92 Å². The number of rotatable bonds is 2. The van der Waals surface area contributed by atoms with E-state index in [2.05, 4.69) is 4.18 Å². The fourth-order valence-corrected chi connectivity index (χ4v) is 1.10. The third-order valence-electron chi connectivity index (χ3n) is 1.18. The summed E-state index contributed by atoms with van der Waals surface area (Å²) in [6, 6.07) is 5.86. The zero-order chi connectivity index (χ0) is 9.19. The summed E-state index contributed by atoms with van der Waals surface area (Å²) in [4.78, 5) is 0. The van der Waals surface area contributed by atoms with E-state index in [0.717, 1.165) is 5.56 Å². The maximum absolute atomic E-state index is 11.7. The molecule has 0 amide bonds. The van der Waals surface area contributed by atoms with Crippen LogP contribution >= 0.6 is 11.5 Å². The Kier molecular flexibility index (Phi) is 2.52. The van der Waals surface area contributed by atoms with Crippen LogP contribution in [0, 0.1) is 6.92 Å². The van der Waals surface area contributed by atoms with Gasteiger partial charge in [-0.05, 0) is 24.6 Å². The van der Waals surface area contributed by atoms with Gasteiger partial charge in [-0.15, -0.1) is 0 Å². The van der Waals surface area contributed by atoms with Crippen LogP contribution in [0.25, 0.3) is 0 Å². The molecule has 0 bridgehead atoms. The molecule has 1 aromatic carbocycles. The Labute approximate surface area is 70.6 Å². The zero-order valence-corrected chi connectivity index (χ0v) is 7.08. The average Bonchev–Trinajstić information content (AvgIpc) is 1.82. The molecule has 1 nitrogen and oxygen atoms in total. The van der Waals surface area contributed by atoms with E-state index in [1.807, 2.05) is 0 Å². The van der Waals surface area contributed by atoms with E-state index < -0.39 is 11.5 Å². The second kappa shape index (κ2) is 3.26. The second-order valence-corrected chi connectivity index (χ2v) is 3.16. The van der Waals surface area contributed by atoms with Gasteiger partial charge in [0.05, 0.1) is 0 Å². The number of benzene rings is 1. The lowest BCUT2D eigenvalue weighted by Crippen LogP contribution is -1.89. The summed E-state index contributed by atoms with van der Waals surface area (Å²) >= 11 is -5.39. The van der Waals surface area contributed by atoms with Crippen LogP contribution in [0.1, 0.15) is 5.56 Å². The predicted molar refractivity (Wildman–Crippen MR) is 42.7 cm³/mol. The monoisotopic (exact) mass is 196 g/mol. The molecular weight excluding hydrogens is 189 g/mol. The molecule has 1 rings (SSSR count). The van der Waals surface area contributed by atoms with Crippen molar-refractivity contribution >= 4 is 11.5 Å². The third-order valence-corrected chi connectivity index (χ3v) is 1.56. The smallest absolute Gasteiger partial charge is 0.373 e. The summed E-state index contributed by atoms with van der Waals surface area (Å²) in [5.41, 5.74) is 0.746. The Hall–Kier alpha value is -0.840. The number of hydrogen-bond acceptors (Lipinski definition) is 1. The van der Waals surface area contributed by atoms with Gasteiger partial charge in [-0.25, -0.2) is 0 Å². The summed E-state index contributed by atoms with van der Waals surface area (Å²) < 4.78 is 39.0. The molecule has 0 heterocycles. The van der Waals surface area contributed by atoms with Crippen LogP contribution in [0.4, 0.5) is 11.7 Å². The normalized spacial score (nSPS) is 12.7. The topological polar surface area (TPSA) is 9.23 Å². The SMILES string of the molecule is Cc1cccc(OS(F)(F)F)c1.